The van der Waals surface area contributed by atoms with Crippen LogP contribution in [0.15, 0.2) is 0 Å². The van der Waals surface area contributed by atoms with Gasteiger partial charge in [0.15, 0.2) is 0 Å². The van der Waals surface area contributed by atoms with Gasteiger partial charge < -0.3 is 20.4 Å². The van der Waals surface area contributed by atoms with Gasteiger partial charge in [0.1, 0.15) is 0 Å². The first kappa shape index (κ1) is 19.0. The van der Waals surface area contributed by atoms with Gasteiger partial charge in [-0.05, 0) is 50.6 Å². The van der Waals surface area contributed by atoms with Crippen molar-refractivity contribution in [3.63, 3.8) is 0 Å². The molecule has 0 aromatic carbocycles. The lowest BCUT2D eigenvalue weighted by molar-refractivity contribution is -0.133. The van der Waals surface area contributed by atoms with Gasteiger partial charge in [-0.25, -0.2) is 4.79 Å². The average molecular weight is 338 g/mol. The van der Waals surface area contributed by atoms with Crippen molar-refractivity contribution in [2.45, 2.75) is 52.0 Å². The fourth-order valence-electron chi connectivity index (χ4n) is 3.61. The van der Waals surface area contributed by atoms with Crippen LogP contribution in [0.1, 0.15) is 46.0 Å². The van der Waals surface area contributed by atoms with Gasteiger partial charge in [-0.15, -0.1) is 0 Å². The van der Waals surface area contributed by atoms with Crippen LogP contribution < -0.4 is 10.6 Å². The molecule has 2 heterocycles. The molecule has 1 atom stereocenters. The summed E-state index contributed by atoms with van der Waals surface area (Å²) in [6.07, 6.45) is 4.67. The minimum absolute atomic E-state index is 0.0209. The third kappa shape index (κ3) is 5.65. The summed E-state index contributed by atoms with van der Waals surface area (Å²) in [5.41, 5.74) is 0. The van der Waals surface area contributed by atoms with Crippen LogP contribution in [-0.2, 0) is 4.79 Å². The summed E-state index contributed by atoms with van der Waals surface area (Å²) in [6, 6.07) is 0.389. The first-order valence-electron chi connectivity index (χ1n) is 9.46. The molecule has 0 bridgehead atoms. The first-order chi connectivity index (χ1) is 11.5. The van der Waals surface area contributed by atoms with Crippen LogP contribution in [0.2, 0.25) is 0 Å². The molecule has 3 amide bonds. The summed E-state index contributed by atoms with van der Waals surface area (Å²) in [4.78, 5) is 28.6. The lowest BCUT2D eigenvalue weighted by Gasteiger charge is -2.35. The van der Waals surface area contributed by atoms with E-state index in [0.717, 1.165) is 45.3 Å². The number of likely N-dealkylation sites (tertiary alicyclic amines) is 1. The molecule has 0 aromatic heterocycles. The Bertz CT molecular complexity index is 421. The first-order valence-corrected chi connectivity index (χ1v) is 9.46. The fourth-order valence-corrected chi connectivity index (χ4v) is 3.61. The zero-order valence-corrected chi connectivity index (χ0v) is 15.5. The zero-order valence-electron chi connectivity index (χ0n) is 15.5. The van der Waals surface area contributed by atoms with E-state index in [0.29, 0.717) is 37.4 Å². The molecule has 2 rings (SSSR count). The van der Waals surface area contributed by atoms with Gasteiger partial charge in [0.2, 0.25) is 5.91 Å². The molecule has 2 fully saturated rings. The number of nitrogens with one attached hydrogen (secondary N) is 2. The number of hydrogen-bond acceptors (Lipinski definition) is 3. The Balaban J connectivity index is 1.79. The molecule has 6 heteroatoms. The van der Waals surface area contributed by atoms with E-state index in [9.17, 15) is 9.59 Å². The maximum absolute atomic E-state index is 12.6. The molecule has 0 saturated carbocycles. The molecular weight excluding hydrogens is 304 g/mol. The molecule has 0 radical (unpaired) electrons. The van der Waals surface area contributed by atoms with E-state index in [-0.39, 0.29) is 11.9 Å². The minimum Gasteiger partial charge on any atom is -0.343 e. The second kappa shape index (κ2) is 9.25. The number of piperidine rings is 2. The Kier molecular flexibility index (Phi) is 7.34. The Hall–Kier alpha value is -1.30. The number of hydrogen-bond donors (Lipinski definition) is 2. The molecule has 6 nitrogen and oxygen atoms in total. The number of urea groups is 1. The van der Waals surface area contributed by atoms with Crippen molar-refractivity contribution in [2.24, 2.45) is 11.8 Å². The van der Waals surface area contributed by atoms with Gasteiger partial charge in [0, 0.05) is 39.1 Å². The Morgan fingerprint density at radius 2 is 1.96 bits per heavy atom. The van der Waals surface area contributed by atoms with E-state index in [1.165, 1.54) is 0 Å². The molecular formula is C18H34N4O2. The van der Waals surface area contributed by atoms with Gasteiger partial charge >= 0.3 is 6.03 Å². The summed E-state index contributed by atoms with van der Waals surface area (Å²) < 4.78 is 0. The number of nitrogens with zero attached hydrogens (tertiary/aromatic N) is 2. The fraction of sp³-hybridized carbons (Fsp3) is 0.889. The largest absolute Gasteiger partial charge is 0.343 e. The van der Waals surface area contributed by atoms with Crippen LogP contribution in [-0.4, -0.2) is 67.6 Å². The highest BCUT2D eigenvalue weighted by Crippen LogP contribution is 2.22. The predicted molar refractivity (Wildman–Crippen MR) is 95.8 cm³/mol. The third-order valence-electron chi connectivity index (χ3n) is 5.18. The summed E-state index contributed by atoms with van der Waals surface area (Å²) in [6.45, 7) is 8.39. The number of amides is 3. The maximum Gasteiger partial charge on any atom is 0.317 e. The van der Waals surface area contributed by atoms with Crippen molar-refractivity contribution in [1.29, 1.82) is 0 Å². The van der Waals surface area contributed by atoms with Crippen molar-refractivity contribution in [3.8, 4) is 0 Å². The van der Waals surface area contributed by atoms with Gasteiger partial charge in [-0.3, -0.25) is 4.79 Å². The van der Waals surface area contributed by atoms with Gasteiger partial charge in [0.25, 0.3) is 0 Å². The molecule has 0 spiro atoms. The molecule has 24 heavy (non-hydrogen) atoms. The summed E-state index contributed by atoms with van der Waals surface area (Å²) in [7, 11) is 1.94. The van der Waals surface area contributed by atoms with Crippen LogP contribution in [0.5, 0.6) is 0 Å². The monoisotopic (exact) mass is 338 g/mol. The van der Waals surface area contributed by atoms with Crippen LogP contribution in [0.4, 0.5) is 4.79 Å². The molecule has 0 aliphatic carbocycles. The average Bonchev–Trinajstić information content (AvgIpc) is 2.59. The molecule has 138 valence electrons. The number of rotatable bonds is 5. The highest BCUT2D eigenvalue weighted by atomic mass is 16.2. The Labute approximate surface area is 146 Å². The van der Waals surface area contributed by atoms with Gasteiger partial charge in [-0.2, -0.15) is 0 Å². The smallest absolute Gasteiger partial charge is 0.317 e. The molecule has 2 aliphatic heterocycles. The maximum atomic E-state index is 12.6. The molecule has 2 N–H and O–H groups in total. The van der Waals surface area contributed by atoms with Gasteiger partial charge in [0.05, 0.1) is 0 Å². The molecule has 1 unspecified atom stereocenters. The minimum atomic E-state index is 0.0209. The van der Waals surface area contributed by atoms with Crippen molar-refractivity contribution in [2.75, 3.05) is 39.8 Å². The predicted octanol–water partition coefficient (Wildman–Crippen LogP) is 1.66. The van der Waals surface area contributed by atoms with Gasteiger partial charge in [-0.1, -0.05) is 13.8 Å². The summed E-state index contributed by atoms with van der Waals surface area (Å²) in [5, 5.41) is 6.32. The van der Waals surface area contributed by atoms with E-state index in [1.807, 2.05) is 16.8 Å². The van der Waals surface area contributed by atoms with Crippen molar-refractivity contribution < 1.29 is 9.59 Å². The van der Waals surface area contributed by atoms with Crippen LogP contribution in [0, 0.1) is 11.8 Å². The van der Waals surface area contributed by atoms with Crippen LogP contribution >= 0.6 is 0 Å². The highest BCUT2D eigenvalue weighted by molar-refractivity contribution is 5.77. The number of carbonyl (C=O) groups excluding carboxylic acids is 2. The highest BCUT2D eigenvalue weighted by Gasteiger charge is 2.28. The second-order valence-electron chi connectivity index (χ2n) is 7.72. The topological polar surface area (TPSA) is 64.7 Å². The van der Waals surface area contributed by atoms with E-state index in [4.69, 9.17) is 0 Å². The summed E-state index contributed by atoms with van der Waals surface area (Å²) in [5.74, 6) is 0.978. The van der Waals surface area contributed by atoms with Crippen molar-refractivity contribution >= 4 is 11.9 Å². The number of carbonyl (C=O) groups is 2. The molecule has 0 aromatic rings. The quantitative estimate of drug-likeness (QED) is 0.801. The zero-order chi connectivity index (χ0) is 17.5. The van der Waals surface area contributed by atoms with E-state index in [2.05, 4.69) is 24.5 Å². The Morgan fingerprint density at radius 3 is 2.62 bits per heavy atom. The SMILES string of the molecule is CC(C)CNC(=O)N1CCCC(CC(=O)N(C)C2CCNCC2)C1. The van der Waals surface area contributed by atoms with E-state index < -0.39 is 0 Å². The lowest BCUT2D eigenvalue weighted by Crippen LogP contribution is -2.48. The van der Waals surface area contributed by atoms with Crippen LogP contribution in [0.25, 0.3) is 0 Å². The standard InChI is InChI=1S/C18H34N4O2/c1-14(2)12-20-18(24)22-10-4-5-15(13-22)11-17(23)21(3)16-6-8-19-9-7-16/h14-16,19H,4-13H2,1-3H3,(H,20,24). The lowest BCUT2D eigenvalue weighted by atomic mass is 9.93. The molecule has 2 aliphatic rings. The Morgan fingerprint density at radius 1 is 1.25 bits per heavy atom. The van der Waals surface area contributed by atoms with E-state index in [1.54, 1.807) is 0 Å². The third-order valence-corrected chi connectivity index (χ3v) is 5.18. The summed E-state index contributed by atoms with van der Waals surface area (Å²) >= 11 is 0. The van der Waals surface area contributed by atoms with Crippen LogP contribution in [0.3, 0.4) is 0 Å². The van der Waals surface area contributed by atoms with Crippen molar-refractivity contribution in [1.82, 2.24) is 20.4 Å². The molecule has 2 saturated heterocycles. The second-order valence-corrected chi connectivity index (χ2v) is 7.72. The normalized spacial score (nSPS) is 22.5. The van der Waals surface area contributed by atoms with Crippen molar-refractivity contribution in [3.05, 3.63) is 0 Å². The van der Waals surface area contributed by atoms with E-state index >= 15 is 0 Å².